The van der Waals surface area contributed by atoms with Crippen LogP contribution in [0.5, 0.6) is 0 Å². The van der Waals surface area contributed by atoms with Gasteiger partial charge in [0, 0.05) is 24.0 Å². The summed E-state index contributed by atoms with van der Waals surface area (Å²) in [7, 11) is 0. The van der Waals surface area contributed by atoms with Crippen LogP contribution in [0.3, 0.4) is 0 Å². The van der Waals surface area contributed by atoms with E-state index in [9.17, 15) is 9.59 Å². The lowest BCUT2D eigenvalue weighted by atomic mass is 9.97. The molecule has 0 spiro atoms. The van der Waals surface area contributed by atoms with Crippen molar-refractivity contribution in [2.45, 2.75) is 33.1 Å². The monoisotopic (exact) mass is 355 g/mol. The Morgan fingerprint density at radius 2 is 1.81 bits per heavy atom. The summed E-state index contributed by atoms with van der Waals surface area (Å²) in [6.45, 7) is 6.30. The van der Waals surface area contributed by atoms with Crippen molar-refractivity contribution in [3.05, 3.63) is 34.3 Å². The number of hydrogen-bond acceptors (Lipinski definition) is 2. The van der Waals surface area contributed by atoms with Gasteiger partial charge in [0.05, 0.1) is 5.92 Å². The minimum Gasteiger partial charge on any atom is -0.481 e. The van der Waals surface area contributed by atoms with Crippen molar-refractivity contribution in [2.24, 2.45) is 5.92 Å². The van der Waals surface area contributed by atoms with Gasteiger partial charge >= 0.3 is 5.97 Å². The topological polar surface area (TPSA) is 57.6 Å². The van der Waals surface area contributed by atoms with Crippen LogP contribution in [-0.4, -0.2) is 35.0 Å². The molecule has 2 unspecified atom stereocenters. The number of rotatable bonds is 7. The molecule has 0 aliphatic carbocycles. The zero-order valence-corrected chi connectivity index (χ0v) is 14.3. The first-order chi connectivity index (χ1) is 9.85. The molecular formula is C16H22BrNO3. The summed E-state index contributed by atoms with van der Waals surface area (Å²) in [5.41, 5.74) is 1.11. The van der Waals surface area contributed by atoms with E-state index in [4.69, 9.17) is 5.11 Å². The van der Waals surface area contributed by atoms with Crippen LogP contribution in [0.15, 0.2) is 28.7 Å². The molecule has 4 nitrogen and oxygen atoms in total. The van der Waals surface area contributed by atoms with Crippen LogP contribution in [0.4, 0.5) is 0 Å². The first-order valence-corrected chi connectivity index (χ1v) is 7.90. The molecule has 1 aromatic rings. The number of benzene rings is 1. The van der Waals surface area contributed by atoms with Gasteiger partial charge < -0.3 is 10.0 Å². The maximum Gasteiger partial charge on any atom is 0.308 e. The Hall–Kier alpha value is -1.36. The highest BCUT2D eigenvalue weighted by atomic mass is 79.9. The third-order valence-electron chi connectivity index (χ3n) is 3.57. The van der Waals surface area contributed by atoms with E-state index in [1.807, 2.05) is 38.1 Å². The predicted molar refractivity (Wildman–Crippen MR) is 86.2 cm³/mol. The van der Waals surface area contributed by atoms with Crippen LogP contribution in [0.2, 0.25) is 0 Å². The largest absolute Gasteiger partial charge is 0.481 e. The molecule has 0 radical (unpaired) electrons. The summed E-state index contributed by atoms with van der Waals surface area (Å²) < 4.78 is 1.01. The van der Waals surface area contributed by atoms with E-state index in [0.717, 1.165) is 10.0 Å². The Balaban J connectivity index is 2.64. The van der Waals surface area contributed by atoms with Crippen LogP contribution < -0.4 is 0 Å². The lowest BCUT2D eigenvalue weighted by Gasteiger charge is -2.24. The highest BCUT2D eigenvalue weighted by Crippen LogP contribution is 2.22. The summed E-state index contributed by atoms with van der Waals surface area (Å²) in [6.07, 6.45) is 0.391. The van der Waals surface area contributed by atoms with Gasteiger partial charge in [-0.25, -0.2) is 0 Å². The van der Waals surface area contributed by atoms with Gasteiger partial charge in [0.2, 0.25) is 5.91 Å². The van der Waals surface area contributed by atoms with Crippen molar-refractivity contribution in [2.75, 3.05) is 13.1 Å². The SMILES string of the molecule is CCN(CC(C)C(=O)O)C(=O)CC(C)c1ccc(Br)cc1. The van der Waals surface area contributed by atoms with Crippen molar-refractivity contribution >= 4 is 27.8 Å². The second kappa shape index (κ2) is 8.17. The second-order valence-corrected chi connectivity index (χ2v) is 6.24. The van der Waals surface area contributed by atoms with Crippen LogP contribution in [0.25, 0.3) is 0 Å². The van der Waals surface area contributed by atoms with Gasteiger partial charge in [-0.05, 0) is 30.5 Å². The summed E-state index contributed by atoms with van der Waals surface area (Å²) >= 11 is 3.39. The van der Waals surface area contributed by atoms with E-state index in [0.29, 0.717) is 13.0 Å². The van der Waals surface area contributed by atoms with Crippen molar-refractivity contribution in [3.8, 4) is 0 Å². The second-order valence-electron chi connectivity index (χ2n) is 5.33. The van der Waals surface area contributed by atoms with E-state index in [1.54, 1.807) is 11.8 Å². The Labute approximate surface area is 134 Å². The average Bonchev–Trinajstić information content (AvgIpc) is 2.44. The summed E-state index contributed by atoms with van der Waals surface area (Å²) in [5, 5.41) is 8.95. The molecule has 0 heterocycles. The van der Waals surface area contributed by atoms with Gasteiger partial charge in [-0.3, -0.25) is 9.59 Å². The number of nitrogens with zero attached hydrogens (tertiary/aromatic N) is 1. The quantitative estimate of drug-likeness (QED) is 0.813. The van der Waals surface area contributed by atoms with Gasteiger partial charge in [-0.1, -0.05) is 41.9 Å². The average molecular weight is 356 g/mol. The molecule has 116 valence electrons. The highest BCUT2D eigenvalue weighted by molar-refractivity contribution is 9.10. The fourth-order valence-electron chi connectivity index (χ4n) is 2.12. The maximum absolute atomic E-state index is 12.3. The standard InChI is InChI=1S/C16H22BrNO3/c1-4-18(10-12(3)16(20)21)15(19)9-11(2)13-5-7-14(17)8-6-13/h5-8,11-12H,4,9-10H2,1-3H3,(H,20,21). The number of halogens is 1. The first kappa shape index (κ1) is 17.7. The van der Waals surface area contributed by atoms with E-state index < -0.39 is 11.9 Å². The zero-order chi connectivity index (χ0) is 16.0. The van der Waals surface area contributed by atoms with Crippen molar-refractivity contribution < 1.29 is 14.7 Å². The Morgan fingerprint density at radius 1 is 1.24 bits per heavy atom. The molecule has 21 heavy (non-hydrogen) atoms. The van der Waals surface area contributed by atoms with Crippen LogP contribution in [-0.2, 0) is 9.59 Å². The van der Waals surface area contributed by atoms with E-state index >= 15 is 0 Å². The third kappa shape index (κ3) is 5.50. The van der Waals surface area contributed by atoms with E-state index in [2.05, 4.69) is 15.9 Å². The molecule has 0 saturated carbocycles. The molecule has 5 heteroatoms. The molecule has 1 rings (SSSR count). The smallest absolute Gasteiger partial charge is 0.308 e. The van der Waals surface area contributed by atoms with Gasteiger partial charge in [0.15, 0.2) is 0 Å². The number of carbonyl (C=O) groups is 2. The number of carbonyl (C=O) groups excluding carboxylic acids is 1. The molecule has 2 atom stereocenters. The van der Waals surface area contributed by atoms with Gasteiger partial charge in [-0.2, -0.15) is 0 Å². The van der Waals surface area contributed by atoms with Crippen LogP contribution >= 0.6 is 15.9 Å². The normalized spacial score (nSPS) is 13.5. The molecule has 0 bridgehead atoms. The maximum atomic E-state index is 12.3. The summed E-state index contributed by atoms with van der Waals surface area (Å²) in [4.78, 5) is 24.8. The molecule has 0 saturated heterocycles. The number of hydrogen-bond donors (Lipinski definition) is 1. The first-order valence-electron chi connectivity index (χ1n) is 7.11. The number of carboxylic acid groups (broad SMARTS) is 1. The summed E-state index contributed by atoms with van der Waals surface area (Å²) in [6, 6.07) is 7.91. The molecule has 1 amide bonds. The molecule has 0 fully saturated rings. The fraction of sp³-hybridized carbons (Fsp3) is 0.500. The third-order valence-corrected chi connectivity index (χ3v) is 4.10. The minimum absolute atomic E-state index is 0.000943. The van der Waals surface area contributed by atoms with Gasteiger partial charge in [0.1, 0.15) is 0 Å². The predicted octanol–water partition coefficient (Wildman–Crippen LogP) is 3.51. The van der Waals surface area contributed by atoms with E-state index in [1.165, 1.54) is 0 Å². The number of amides is 1. The van der Waals surface area contributed by atoms with Crippen molar-refractivity contribution in [3.63, 3.8) is 0 Å². The van der Waals surface area contributed by atoms with Crippen molar-refractivity contribution in [1.29, 1.82) is 0 Å². The highest BCUT2D eigenvalue weighted by Gasteiger charge is 2.21. The Bertz CT molecular complexity index is 487. The Kier molecular flexibility index (Phi) is 6.89. The molecule has 1 aromatic carbocycles. The van der Waals surface area contributed by atoms with Gasteiger partial charge in [-0.15, -0.1) is 0 Å². The van der Waals surface area contributed by atoms with Crippen LogP contribution in [0.1, 0.15) is 38.7 Å². The van der Waals surface area contributed by atoms with Crippen LogP contribution in [0, 0.1) is 5.92 Å². The lowest BCUT2D eigenvalue weighted by Crippen LogP contribution is -2.37. The molecule has 0 aliphatic heterocycles. The molecule has 0 aliphatic rings. The molecule has 0 aromatic heterocycles. The Morgan fingerprint density at radius 3 is 2.29 bits per heavy atom. The summed E-state index contributed by atoms with van der Waals surface area (Å²) in [5.74, 6) is -1.31. The lowest BCUT2D eigenvalue weighted by molar-refractivity contribution is -0.143. The fourth-order valence-corrected chi connectivity index (χ4v) is 2.38. The van der Waals surface area contributed by atoms with E-state index in [-0.39, 0.29) is 18.4 Å². The minimum atomic E-state index is -0.873. The number of carboxylic acids is 1. The molecular weight excluding hydrogens is 334 g/mol. The van der Waals surface area contributed by atoms with Gasteiger partial charge in [0.25, 0.3) is 0 Å². The number of aliphatic carboxylic acids is 1. The van der Waals surface area contributed by atoms with Crippen molar-refractivity contribution in [1.82, 2.24) is 4.90 Å². The molecule has 1 N–H and O–H groups in total. The zero-order valence-electron chi connectivity index (χ0n) is 12.7.